The lowest BCUT2D eigenvalue weighted by Crippen LogP contribution is -2.33. The molecule has 2 aromatic heterocycles. The number of hydrogen-bond donors (Lipinski definition) is 2. The van der Waals surface area contributed by atoms with Gasteiger partial charge in [-0.2, -0.15) is 15.2 Å². The summed E-state index contributed by atoms with van der Waals surface area (Å²) in [7, 11) is 1.30. The highest BCUT2D eigenvalue weighted by atomic mass is 16.5. The molecule has 11 nitrogen and oxygen atoms in total. The van der Waals surface area contributed by atoms with E-state index in [2.05, 4.69) is 54.5 Å². The van der Waals surface area contributed by atoms with E-state index in [0.29, 0.717) is 11.3 Å². The first-order valence-corrected chi connectivity index (χ1v) is 13.5. The second-order valence-corrected chi connectivity index (χ2v) is 9.55. The van der Waals surface area contributed by atoms with E-state index in [1.807, 2.05) is 43.3 Å². The van der Waals surface area contributed by atoms with Crippen LogP contribution in [0.15, 0.2) is 85.3 Å². The van der Waals surface area contributed by atoms with Gasteiger partial charge >= 0.3 is 18.0 Å². The number of esters is 1. The van der Waals surface area contributed by atoms with Gasteiger partial charge < -0.3 is 24.5 Å². The minimum Gasteiger partial charge on any atom is -0.467 e. The first kappa shape index (κ1) is 28.8. The minimum absolute atomic E-state index is 0.00572. The lowest BCUT2D eigenvalue weighted by molar-refractivity contribution is -0.141. The van der Waals surface area contributed by atoms with Gasteiger partial charge in [0.15, 0.2) is 0 Å². The van der Waals surface area contributed by atoms with Crippen molar-refractivity contribution in [3.05, 3.63) is 113 Å². The number of ether oxygens (including phenoxy) is 3. The molecule has 0 saturated heterocycles. The van der Waals surface area contributed by atoms with Crippen molar-refractivity contribution < 1.29 is 19.0 Å². The van der Waals surface area contributed by atoms with Gasteiger partial charge in [-0.05, 0) is 46.9 Å². The van der Waals surface area contributed by atoms with Crippen molar-refractivity contribution in [2.45, 2.75) is 32.6 Å². The first-order chi connectivity index (χ1) is 21.0. The van der Waals surface area contributed by atoms with Crippen LogP contribution in [-0.2, 0) is 29.2 Å². The molecule has 0 spiro atoms. The van der Waals surface area contributed by atoms with E-state index in [0.717, 1.165) is 27.8 Å². The van der Waals surface area contributed by atoms with Gasteiger partial charge in [0.05, 0.1) is 30.8 Å². The van der Waals surface area contributed by atoms with E-state index in [9.17, 15) is 10.1 Å². The van der Waals surface area contributed by atoms with Crippen molar-refractivity contribution in [1.82, 2.24) is 24.9 Å². The Morgan fingerprint density at radius 2 is 1.74 bits per heavy atom. The molecule has 0 bridgehead atoms. The minimum atomic E-state index is -0.839. The van der Waals surface area contributed by atoms with Crippen LogP contribution in [0.4, 0.5) is 5.95 Å². The average Bonchev–Trinajstić information content (AvgIpc) is 3.56. The highest BCUT2D eigenvalue weighted by molar-refractivity contribution is 5.78. The summed E-state index contributed by atoms with van der Waals surface area (Å²) in [4.78, 5) is 32.8. The number of carbonyl (C=O) groups excluding carboxylic acids is 1. The predicted octanol–water partition coefficient (Wildman–Crippen LogP) is 4.80. The number of nitriles is 1. The summed E-state index contributed by atoms with van der Waals surface area (Å²) in [6, 6.07) is 24.4. The summed E-state index contributed by atoms with van der Waals surface area (Å²) in [6.45, 7) is 2.33. The Hall–Kier alpha value is -5.76. The normalized spacial score (nSPS) is 11.3. The van der Waals surface area contributed by atoms with Crippen LogP contribution in [0.25, 0.3) is 11.1 Å². The van der Waals surface area contributed by atoms with Crippen molar-refractivity contribution in [2.24, 2.45) is 0 Å². The molecule has 0 radical (unpaired) electrons. The van der Waals surface area contributed by atoms with Gasteiger partial charge in [0, 0.05) is 12.6 Å². The molecule has 5 rings (SSSR count). The lowest BCUT2D eigenvalue weighted by atomic mass is 9.97. The molecule has 5 aromatic rings. The average molecular weight is 576 g/mol. The van der Waals surface area contributed by atoms with Gasteiger partial charge in [0.2, 0.25) is 5.95 Å². The number of methoxy groups -OCH3 is 1. The van der Waals surface area contributed by atoms with Crippen LogP contribution in [-0.4, -0.2) is 44.0 Å². The molecule has 11 heteroatoms. The molecule has 0 aliphatic rings. The van der Waals surface area contributed by atoms with Crippen LogP contribution in [0.1, 0.15) is 27.9 Å². The number of nitrogens with one attached hydrogen (secondary N) is 2. The third-order valence-corrected chi connectivity index (χ3v) is 6.66. The molecule has 0 amide bonds. The van der Waals surface area contributed by atoms with Gasteiger partial charge in [-0.3, -0.25) is 0 Å². The topological polar surface area (TPSA) is 148 Å². The molecule has 0 fully saturated rings. The quantitative estimate of drug-likeness (QED) is 0.199. The number of rotatable bonds is 12. The summed E-state index contributed by atoms with van der Waals surface area (Å²) in [5.41, 5.74) is 6.15. The Morgan fingerprint density at radius 1 is 0.977 bits per heavy atom. The highest BCUT2D eigenvalue weighted by Gasteiger charge is 2.23. The number of aromatic nitrogens is 5. The first-order valence-electron chi connectivity index (χ1n) is 13.5. The number of benzene rings is 3. The van der Waals surface area contributed by atoms with E-state index >= 15 is 0 Å². The van der Waals surface area contributed by atoms with Gasteiger partial charge in [-0.1, -0.05) is 60.7 Å². The molecular weight excluding hydrogens is 546 g/mol. The Balaban J connectivity index is 1.40. The van der Waals surface area contributed by atoms with Crippen molar-refractivity contribution in [3.63, 3.8) is 0 Å². The zero-order chi connectivity index (χ0) is 30.0. The molecule has 0 saturated carbocycles. The van der Waals surface area contributed by atoms with Crippen molar-refractivity contribution in [3.8, 4) is 29.2 Å². The van der Waals surface area contributed by atoms with Gasteiger partial charge in [0.1, 0.15) is 19.3 Å². The van der Waals surface area contributed by atoms with Gasteiger partial charge in [0.25, 0.3) is 0 Å². The Morgan fingerprint density at radius 3 is 2.47 bits per heavy atom. The smallest absolute Gasteiger partial charge is 0.328 e. The summed E-state index contributed by atoms with van der Waals surface area (Å²) in [5.74, 6) is -0.457. The maximum absolute atomic E-state index is 12.6. The second kappa shape index (κ2) is 13.7. The van der Waals surface area contributed by atoms with E-state index in [-0.39, 0.29) is 37.6 Å². The number of anilines is 1. The number of H-pyrrole nitrogens is 1. The zero-order valence-electron chi connectivity index (χ0n) is 23.7. The third-order valence-electron chi connectivity index (χ3n) is 6.66. The summed E-state index contributed by atoms with van der Waals surface area (Å²) in [5, 5.41) is 12.2. The summed E-state index contributed by atoms with van der Waals surface area (Å²) < 4.78 is 16.9. The molecule has 3 aromatic carbocycles. The maximum Gasteiger partial charge on any atom is 0.328 e. The largest absolute Gasteiger partial charge is 0.467 e. The SMILES string of the molecule is COC(=O)C(Cc1c[nH]cn1)Nc1nc(OCc2cccc(C#N)c2)nc(OCc2cccc(-c3ccccc3)c2C)n1. The fourth-order valence-electron chi connectivity index (χ4n) is 4.43. The van der Waals surface area contributed by atoms with Crippen molar-refractivity contribution >= 4 is 11.9 Å². The standard InChI is InChI=1S/C32H29N7O4/c1-21-25(12-7-13-27(21)24-10-4-3-5-11-24)19-43-32-38-30(36-28(29(40)41-2)15-26-17-34-20-35-26)37-31(39-32)42-18-23-9-6-8-22(14-23)16-33/h3-14,17,20,28H,15,18-19H2,1-2H3,(H,34,35)(H,36,37,38,39). The third kappa shape index (κ3) is 7.51. The number of nitrogens with zero attached hydrogens (tertiary/aromatic N) is 5. The number of hydrogen-bond acceptors (Lipinski definition) is 10. The Bertz CT molecular complexity index is 1720. The summed E-state index contributed by atoms with van der Waals surface area (Å²) >= 11 is 0. The van der Waals surface area contributed by atoms with E-state index in [4.69, 9.17) is 14.2 Å². The van der Waals surface area contributed by atoms with Crippen molar-refractivity contribution in [1.29, 1.82) is 5.26 Å². The number of imidazole rings is 1. The zero-order valence-corrected chi connectivity index (χ0v) is 23.7. The molecule has 0 aliphatic heterocycles. The Kier molecular flexibility index (Phi) is 9.19. The molecule has 2 heterocycles. The summed E-state index contributed by atoms with van der Waals surface area (Å²) in [6.07, 6.45) is 3.44. The van der Waals surface area contributed by atoms with E-state index in [1.165, 1.54) is 13.4 Å². The number of carbonyl (C=O) groups is 1. The molecule has 0 aliphatic carbocycles. The van der Waals surface area contributed by atoms with E-state index < -0.39 is 12.0 Å². The second-order valence-electron chi connectivity index (χ2n) is 9.55. The fraction of sp³-hybridized carbons (Fsp3) is 0.188. The van der Waals surface area contributed by atoms with Gasteiger partial charge in [-0.15, -0.1) is 4.98 Å². The molecule has 43 heavy (non-hydrogen) atoms. The highest BCUT2D eigenvalue weighted by Crippen LogP contribution is 2.26. The van der Waals surface area contributed by atoms with E-state index in [1.54, 1.807) is 24.4 Å². The van der Waals surface area contributed by atoms with Crippen LogP contribution in [0.2, 0.25) is 0 Å². The number of aromatic amines is 1. The Labute approximate surface area is 248 Å². The molecule has 216 valence electrons. The molecular formula is C32H29N7O4. The lowest BCUT2D eigenvalue weighted by Gasteiger charge is -2.17. The van der Waals surface area contributed by atoms with Crippen LogP contribution >= 0.6 is 0 Å². The van der Waals surface area contributed by atoms with Crippen LogP contribution in [0.5, 0.6) is 12.0 Å². The van der Waals surface area contributed by atoms with Crippen LogP contribution < -0.4 is 14.8 Å². The monoisotopic (exact) mass is 575 g/mol. The van der Waals surface area contributed by atoms with Crippen molar-refractivity contribution in [2.75, 3.05) is 12.4 Å². The molecule has 1 atom stereocenters. The molecule has 2 N–H and O–H groups in total. The fourth-order valence-corrected chi connectivity index (χ4v) is 4.43. The maximum atomic E-state index is 12.6. The van der Waals surface area contributed by atoms with Gasteiger partial charge in [-0.25, -0.2) is 9.78 Å². The molecule has 1 unspecified atom stereocenters. The van der Waals surface area contributed by atoms with Crippen LogP contribution in [0.3, 0.4) is 0 Å². The van der Waals surface area contributed by atoms with Crippen LogP contribution in [0, 0.1) is 18.3 Å². The predicted molar refractivity (Wildman–Crippen MR) is 158 cm³/mol.